The predicted octanol–water partition coefficient (Wildman–Crippen LogP) is 5.54. The van der Waals surface area contributed by atoms with Crippen LogP contribution < -0.4 is 14.4 Å². The van der Waals surface area contributed by atoms with Gasteiger partial charge in [-0.2, -0.15) is 0 Å². The Morgan fingerprint density at radius 3 is 2.71 bits per heavy atom. The molecule has 2 aromatic rings. The van der Waals surface area contributed by atoms with E-state index in [2.05, 4.69) is 27.6 Å². The first kappa shape index (κ1) is 33.5. The van der Waals surface area contributed by atoms with E-state index in [1.165, 1.54) is 11.1 Å². The van der Waals surface area contributed by atoms with E-state index in [-0.39, 0.29) is 35.5 Å². The maximum Gasteiger partial charge on any atom is 0.262 e. The topological polar surface area (TPSA) is 99.2 Å². The van der Waals surface area contributed by atoms with Gasteiger partial charge in [-0.25, -0.2) is 4.21 Å². The van der Waals surface area contributed by atoms with E-state index in [1.807, 2.05) is 49.1 Å². The Balaban J connectivity index is 1.31. The van der Waals surface area contributed by atoms with E-state index in [0.717, 1.165) is 62.3 Å². The van der Waals surface area contributed by atoms with E-state index in [1.54, 1.807) is 6.07 Å². The second kappa shape index (κ2) is 12.7. The van der Waals surface area contributed by atoms with Crippen molar-refractivity contribution in [2.75, 3.05) is 37.7 Å². The number of hydrogen-bond donors (Lipinski definition) is 2. The van der Waals surface area contributed by atoms with Crippen LogP contribution in [0.2, 0.25) is 5.02 Å². The van der Waals surface area contributed by atoms with Crippen molar-refractivity contribution in [3.8, 4) is 5.75 Å². The van der Waals surface area contributed by atoms with Crippen LogP contribution >= 0.6 is 11.6 Å². The molecule has 0 radical (unpaired) electrons. The molecular formula is C38H48ClN3O5S. The Labute approximate surface area is 290 Å². The number of allylic oxidation sites excluding steroid dienone is 1. The van der Waals surface area contributed by atoms with E-state index in [0.29, 0.717) is 37.4 Å². The van der Waals surface area contributed by atoms with Crippen molar-refractivity contribution in [2.45, 2.75) is 81.5 Å². The van der Waals surface area contributed by atoms with Gasteiger partial charge in [0, 0.05) is 47.4 Å². The molecule has 1 saturated carbocycles. The number of anilines is 1. The number of benzene rings is 2. The summed E-state index contributed by atoms with van der Waals surface area (Å²) >= 11 is 6.45. The highest BCUT2D eigenvalue weighted by atomic mass is 35.5. The van der Waals surface area contributed by atoms with Crippen LogP contribution in [0.5, 0.6) is 5.75 Å². The van der Waals surface area contributed by atoms with Crippen molar-refractivity contribution in [3.05, 3.63) is 70.3 Å². The monoisotopic (exact) mass is 693 g/mol. The number of hydrogen-bond acceptors (Lipinski definition) is 6. The van der Waals surface area contributed by atoms with Crippen LogP contribution in [-0.2, 0) is 26.3 Å². The van der Waals surface area contributed by atoms with Crippen LogP contribution in [0.3, 0.4) is 0 Å². The molecule has 1 unspecified atom stereocenters. The van der Waals surface area contributed by atoms with E-state index < -0.39 is 26.5 Å². The van der Waals surface area contributed by atoms with Gasteiger partial charge in [0.1, 0.15) is 5.75 Å². The van der Waals surface area contributed by atoms with E-state index in [4.69, 9.17) is 16.3 Å². The average molecular weight is 694 g/mol. The van der Waals surface area contributed by atoms with Crippen molar-refractivity contribution < 1.29 is 23.6 Å². The van der Waals surface area contributed by atoms with Gasteiger partial charge < -0.3 is 19.6 Å². The summed E-state index contributed by atoms with van der Waals surface area (Å²) in [7, 11) is -3.01. The third-order valence-electron chi connectivity index (χ3n) is 12.0. The highest BCUT2D eigenvalue weighted by molar-refractivity contribution is 7.99. The SMILES string of the molecule is C=S1(=O)NC(=O)c2ccc3c(c2)N(C[C@@H]2CC[C@H]2[C@](O)(CC(=O)N2CCC2)/C=C/C[C@H](C)[C@H]1C)C[C@@]1(CCCc2cc(Cl)ccc21)CO3. The lowest BCUT2D eigenvalue weighted by molar-refractivity contribution is -0.143. The number of nitrogens with zero attached hydrogens (tertiary/aromatic N) is 2. The summed E-state index contributed by atoms with van der Waals surface area (Å²) in [5.74, 6) is 4.17. The summed E-state index contributed by atoms with van der Waals surface area (Å²) in [6.07, 6.45) is 10.1. The molecule has 2 aromatic carbocycles. The molecule has 1 saturated heterocycles. The van der Waals surface area contributed by atoms with Crippen LogP contribution in [0.1, 0.15) is 80.3 Å². The number of carbonyl (C=O) groups is 2. The van der Waals surface area contributed by atoms with Crippen LogP contribution in [0.4, 0.5) is 5.69 Å². The second-order valence-corrected chi connectivity index (χ2v) is 17.9. The fourth-order valence-corrected chi connectivity index (χ4v) is 10.3. The average Bonchev–Trinajstić information content (AvgIpc) is 3.13. The minimum Gasteiger partial charge on any atom is -0.490 e. The first-order valence-electron chi connectivity index (χ1n) is 17.5. The van der Waals surface area contributed by atoms with Crippen molar-refractivity contribution >= 4 is 44.7 Å². The lowest BCUT2D eigenvalue weighted by Gasteiger charge is -2.49. The molecule has 2 N–H and O–H groups in total. The molecule has 48 heavy (non-hydrogen) atoms. The minimum atomic E-state index is -3.01. The Kier molecular flexibility index (Phi) is 8.86. The van der Waals surface area contributed by atoms with Gasteiger partial charge in [0.15, 0.2) is 0 Å². The minimum absolute atomic E-state index is 0.00653. The van der Waals surface area contributed by atoms with Crippen molar-refractivity contribution in [1.29, 1.82) is 0 Å². The number of aryl methyl sites for hydroxylation is 1. The van der Waals surface area contributed by atoms with Crippen molar-refractivity contribution in [3.63, 3.8) is 0 Å². The van der Waals surface area contributed by atoms with Gasteiger partial charge in [0.05, 0.1) is 34.0 Å². The maximum absolute atomic E-state index is 13.8. The number of nitrogens with one attached hydrogen (secondary N) is 1. The van der Waals surface area contributed by atoms with E-state index >= 15 is 0 Å². The third-order valence-corrected chi connectivity index (χ3v) is 14.5. The van der Waals surface area contributed by atoms with Gasteiger partial charge in [-0.1, -0.05) is 36.7 Å². The number of aliphatic hydroxyl groups is 1. The quantitative estimate of drug-likeness (QED) is 0.317. The zero-order chi connectivity index (χ0) is 33.8. The molecule has 2 aliphatic carbocycles. The first-order chi connectivity index (χ1) is 22.9. The first-order valence-corrected chi connectivity index (χ1v) is 19.7. The lowest BCUT2D eigenvalue weighted by atomic mass is 9.63. The molecule has 2 fully saturated rings. The molecule has 3 heterocycles. The number of carbonyl (C=O) groups excluding carboxylic acids is 2. The fraction of sp³-hybridized carbons (Fsp3) is 0.553. The summed E-state index contributed by atoms with van der Waals surface area (Å²) in [6.45, 7) is 7.12. The number of likely N-dealkylation sites (tertiary alicyclic amines) is 1. The van der Waals surface area contributed by atoms with Crippen LogP contribution in [0, 0.1) is 17.8 Å². The van der Waals surface area contributed by atoms with Crippen LogP contribution in [0.15, 0.2) is 48.6 Å². The Hall–Kier alpha value is -3.01. The van der Waals surface area contributed by atoms with Gasteiger partial charge in [0.25, 0.3) is 5.91 Å². The molecule has 8 nitrogen and oxygen atoms in total. The summed E-state index contributed by atoms with van der Waals surface area (Å²) in [6, 6.07) is 11.6. The van der Waals surface area contributed by atoms with E-state index in [9.17, 15) is 18.9 Å². The standard InChI is InChI=1S/C38H48ClN3O5S/c1-25-7-4-16-38(45,21-35(43)41-17-6-18-41)32-12-9-29(32)22-42-23-37(15-5-8-27-19-30(39)11-13-31(27)37)24-47-34-14-10-28(20-33(34)42)36(44)40-48(3,46)26(25)2/h4,10-11,13-14,16,19-20,25-26,29,32,45H,3,5-9,12,15,17-18,21-24H2,1-2H3,(H,40,44,46)/b16-4+/t25-,26+,29-,32+,37-,38+,48?/m0/s1. The third kappa shape index (κ3) is 6.15. The fourth-order valence-electron chi connectivity index (χ4n) is 8.58. The normalized spacial score (nSPS) is 35.5. The summed E-state index contributed by atoms with van der Waals surface area (Å²) in [5.41, 5.74) is 2.12. The van der Waals surface area contributed by atoms with Gasteiger partial charge in [-0.05, 0) is 117 Å². The molecule has 258 valence electrons. The molecular weight excluding hydrogens is 646 g/mol. The lowest BCUT2D eigenvalue weighted by Crippen LogP contribution is -2.54. The molecule has 0 aromatic heterocycles. The maximum atomic E-state index is 13.8. The molecule has 2 bridgehead atoms. The highest BCUT2D eigenvalue weighted by Crippen LogP contribution is 2.49. The van der Waals surface area contributed by atoms with Crippen LogP contribution in [0.25, 0.3) is 0 Å². The number of fused-ring (bicyclic) bond motifs is 4. The molecule has 7 rings (SSSR count). The highest BCUT2D eigenvalue weighted by Gasteiger charge is 2.49. The Morgan fingerprint density at radius 1 is 1.17 bits per heavy atom. The number of ether oxygens (including phenoxy) is 1. The second-order valence-electron chi connectivity index (χ2n) is 15.1. The zero-order valence-electron chi connectivity index (χ0n) is 28.1. The van der Waals surface area contributed by atoms with Gasteiger partial charge in [-0.3, -0.25) is 14.3 Å². The molecule has 2 amide bonds. The summed E-state index contributed by atoms with van der Waals surface area (Å²) < 4.78 is 23.2. The molecule has 1 spiro atoms. The molecule has 3 aliphatic heterocycles. The van der Waals surface area contributed by atoms with Gasteiger partial charge >= 0.3 is 0 Å². The smallest absolute Gasteiger partial charge is 0.262 e. The zero-order valence-corrected chi connectivity index (χ0v) is 29.7. The molecule has 10 heteroatoms. The summed E-state index contributed by atoms with van der Waals surface area (Å²) in [5, 5.41) is 12.7. The number of halogens is 1. The van der Waals surface area contributed by atoms with Crippen molar-refractivity contribution in [2.24, 2.45) is 17.8 Å². The number of rotatable bonds is 2. The van der Waals surface area contributed by atoms with Gasteiger partial charge in [-0.15, -0.1) is 0 Å². The van der Waals surface area contributed by atoms with Gasteiger partial charge in [0.2, 0.25) is 5.91 Å². The van der Waals surface area contributed by atoms with Crippen molar-refractivity contribution in [1.82, 2.24) is 9.62 Å². The van der Waals surface area contributed by atoms with Crippen LogP contribution in [-0.4, -0.2) is 75.5 Å². The molecule has 7 atom stereocenters. The predicted molar refractivity (Wildman–Crippen MR) is 192 cm³/mol. The number of amides is 2. The Morgan fingerprint density at radius 2 is 1.98 bits per heavy atom. The molecule has 5 aliphatic rings. The largest absolute Gasteiger partial charge is 0.490 e. The summed E-state index contributed by atoms with van der Waals surface area (Å²) in [4.78, 5) is 31.2. The Bertz CT molecular complexity index is 1740.